The molecule has 2 nitrogen and oxygen atoms in total. The van der Waals surface area contributed by atoms with Crippen LogP contribution in [0.2, 0.25) is 0 Å². The molecule has 0 saturated heterocycles. The van der Waals surface area contributed by atoms with Gasteiger partial charge in [0.25, 0.3) is 0 Å². The maximum Gasteiger partial charge on any atom is 0.130 e. The van der Waals surface area contributed by atoms with Crippen LogP contribution in [-0.2, 0) is 22.9 Å². The number of aryl methyl sites for hydroxylation is 2. The molecule has 0 heterocycles. The Kier molecular flexibility index (Phi) is 6.94. The molecule has 1 atom stereocenters. The quantitative estimate of drug-likeness (QED) is 0.461. The summed E-state index contributed by atoms with van der Waals surface area (Å²) < 4.78 is 0. The molecule has 0 radical (unpaired) electrons. The lowest BCUT2D eigenvalue weighted by atomic mass is 9.68. The van der Waals surface area contributed by atoms with Gasteiger partial charge in [0, 0.05) is 6.04 Å². The van der Waals surface area contributed by atoms with Gasteiger partial charge in [-0.05, 0) is 58.9 Å². The van der Waals surface area contributed by atoms with Gasteiger partial charge in [-0.1, -0.05) is 119 Å². The van der Waals surface area contributed by atoms with Gasteiger partial charge < -0.3 is 10.8 Å². The van der Waals surface area contributed by atoms with E-state index >= 15 is 0 Å². The van der Waals surface area contributed by atoms with Gasteiger partial charge in [-0.2, -0.15) is 0 Å². The van der Waals surface area contributed by atoms with Crippen molar-refractivity contribution in [2.24, 2.45) is 5.73 Å². The van der Waals surface area contributed by atoms with Gasteiger partial charge in [-0.15, -0.1) is 0 Å². The topological polar surface area (TPSA) is 46.2 Å². The molecule has 0 amide bonds. The van der Waals surface area contributed by atoms with E-state index in [1.54, 1.807) is 0 Å². The Morgan fingerprint density at radius 2 is 1.09 bits per heavy atom. The lowest BCUT2D eigenvalue weighted by Crippen LogP contribution is -2.50. The molecule has 2 heteroatoms. The summed E-state index contributed by atoms with van der Waals surface area (Å²) in [6.45, 7) is 17.4. The van der Waals surface area contributed by atoms with Gasteiger partial charge in [-0.25, -0.2) is 0 Å². The SMILES string of the molecule is Cc1ccc(C(O)(c2ccc(C)cc2C(C)(C)C)C(N)Cc2ccccc2)c(C(C)(C)C)c1. The van der Waals surface area contributed by atoms with Gasteiger partial charge >= 0.3 is 0 Å². The zero-order chi connectivity index (χ0) is 24.6. The molecule has 1 unspecified atom stereocenters. The molecule has 3 rings (SSSR count). The fraction of sp³-hybridized carbons (Fsp3) is 0.419. The molecule has 0 bridgehead atoms. The van der Waals surface area contributed by atoms with E-state index in [0.29, 0.717) is 6.42 Å². The molecule has 0 aromatic heterocycles. The summed E-state index contributed by atoms with van der Waals surface area (Å²) in [6.07, 6.45) is 0.576. The van der Waals surface area contributed by atoms with Gasteiger partial charge in [0.1, 0.15) is 5.60 Å². The van der Waals surface area contributed by atoms with E-state index in [9.17, 15) is 5.11 Å². The van der Waals surface area contributed by atoms with Gasteiger partial charge in [0.2, 0.25) is 0 Å². The predicted octanol–water partition coefficient (Wildman–Crippen LogP) is 6.70. The minimum Gasteiger partial charge on any atom is -0.379 e. The van der Waals surface area contributed by atoms with Crippen molar-refractivity contribution in [2.75, 3.05) is 0 Å². The monoisotopic (exact) mass is 443 g/mol. The van der Waals surface area contributed by atoms with Crippen molar-refractivity contribution in [2.45, 2.75) is 84.3 Å². The van der Waals surface area contributed by atoms with Crippen LogP contribution in [0.1, 0.15) is 80.5 Å². The lowest BCUT2D eigenvalue weighted by Gasteiger charge is -2.42. The molecule has 0 aliphatic heterocycles. The van der Waals surface area contributed by atoms with Crippen LogP contribution in [0.5, 0.6) is 0 Å². The van der Waals surface area contributed by atoms with Crippen molar-refractivity contribution >= 4 is 0 Å². The molecule has 176 valence electrons. The Hall–Kier alpha value is -2.42. The molecule has 3 aromatic rings. The molecule has 3 aromatic carbocycles. The molecule has 0 aliphatic rings. The third-order valence-electron chi connectivity index (χ3n) is 6.62. The second-order valence-corrected chi connectivity index (χ2v) is 11.7. The van der Waals surface area contributed by atoms with Crippen molar-refractivity contribution < 1.29 is 5.11 Å². The summed E-state index contributed by atoms with van der Waals surface area (Å²) in [4.78, 5) is 0. The minimum atomic E-state index is -1.34. The van der Waals surface area contributed by atoms with E-state index in [2.05, 4.69) is 104 Å². The highest BCUT2D eigenvalue weighted by atomic mass is 16.3. The molecule has 0 spiro atoms. The second kappa shape index (κ2) is 9.08. The summed E-state index contributed by atoms with van der Waals surface area (Å²) >= 11 is 0. The minimum absolute atomic E-state index is 0.144. The summed E-state index contributed by atoms with van der Waals surface area (Å²) in [6, 6.07) is 22.5. The summed E-state index contributed by atoms with van der Waals surface area (Å²) in [5, 5.41) is 12.8. The van der Waals surface area contributed by atoms with E-state index in [1.165, 1.54) is 11.1 Å². The smallest absolute Gasteiger partial charge is 0.130 e. The van der Waals surface area contributed by atoms with Crippen LogP contribution in [0.15, 0.2) is 66.7 Å². The van der Waals surface area contributed by atoms with Crippen LogP contribution in [-0.4, -0.2) is 11.1 Å². The van der Waals surface area contributed by atoms with Crippen molar-refractivity contribution in [3.05, 3.63) is 106 Å². The zero-order valence-electron chi connectivity index (χ0n) is 21.7. The predicted molar refractivity (Wildman–Crippen MR) is 141 cm³/mol. The average molecular weight is 444 g/mol. The number of rotatable bonds is 5. The van der Waals surface area contributed by atoms with E-state index in [1.807, 2.05) is 18.2 Å². The number of aliphatic hydroxyl groups is 1. The molecule has 0 saturated carbocycles. The van der Waals surface area contributed by atoms with Crippen LogP contribution in [0, 0.1) is 13.8 Å². The average Bonchev–Trinajstić information content (AvgIpc) is 2.72. The molecule has 3 N–H and O–H groups in total. The third kappa shape index (κ3) is 5.23. The second-order valence-electron chi connectivity index (χ2n) is 11.7. The highest BCUT2D eigenvalue weighted by molar-refractivity contribution is 5.51. The fourth-order valence-electron chi connectivity index (χ4n) is 4.78. The largest absolute Gasteiger partial charge is 0.379 e. The Morgan fingerprint density at radius 3 is 1.48 bits per heavy atom. The normalized spacial score (nSPS) is 13.8. The summed E-state index contributed by atoms with van der Waals surface area (Å²) in [7, 11) is 0. The first-order valence-electron chi connectivity index (χ1n) is 12.0. The Balaban J connectivity index is 2.35. The molecular weight excluding hydrogens is 402 g/mol. The highest BCUT2D eigenvalue weighted by Gasteiger charge is 2.44. The van der Waals surface area contributed by atoms with Crippen LogP contribution in [0.25, 0.3) is 0 Å². The van der Waals surface area contributed by atoms with Crippen LogP contribution >= 0.6 is 0 Å². The number of nitrogens with two attached hydrogens (primary N) is 1. The molecule has 33 heavy (non-hydrogen) atoms. The third-order valence-corrected chi connectivity index (χ3v) is 6.62. The first-order valence-corrected chi connectivity index (χ1v) is 12.0. The van der Waals surface area contributed by atoms with Gasteiger partial charge in [-0.3, -0.25) is 0 Å². The zero-order valence-corrected chi connectivity index (χ0v) is 21.7. The maximum atomic E-state index is 12.8. The lowest BCUT2D eigenvalue weighted by molar-refractivity contribution is 0.0481. The van der Waals surface area contributed by atoms with Crippen molar-refractivity contribution in [1.82, 2.24) is 0 Å². The molecule has 0 aliphatic carbocycles. The van der Waals surface area contributed by atoms with Crippen molar-refractivity contribution in [1.29, 1.82) is 0 Å². The van der Waals surface area contributed by atoms with E-state index in [-0.39, 0.29) is 10.8 Å². The Bertz CT molecular complexity index is 1040. The fourth-order valence-corrected chi connectivity index (χ4v) is 4.78. The summed E-state index contributed by atoms with van der Waals surface area (Å²) in [5.74, 6) is 0. The standard InChI is InChI=1S/C31H41NO/c1-21-14-16-24(26(18-21)29(3,4)5)31(33,28(32)20-23-12-10-9-11-13-23)25-17-15-22(2)19-27(25)30(6,7)8/h9-19,28,33H,20,32H2,1-8H3. The first-order chi connectivity index (χ1) is 15.2. The molecular formula is C31H41NO. The van der Waals surface area contributed by atoms with Crippen molar-refractivity contribution in [3.8, 4) is 0 Å². The number of benzene rings is 3. The van der Waals surface area contributed by atoms with E-state index < -0.39 is 11.6 Å². The van der Waals surface area contributed by atoms with Crippen molar-refractivity contribution in [3.63, 3.8) is 0 Å². The van der Waals surface area contributed by atoms with Crippen LogP contribution in [0.3, 0.4) is 0 Å². The number of hydrogen-bond donors (Lipinski definition) is 2. The Labute approximate surface area is 200 Å². The highest BCUT2D eigenvalue weighted by Crippen LogP contribution is 2.43. The van der Waals surface area contributed by atoms with Crippen LogP contribution < -0.4 is 5.73 Å². The summed E-state index contributed by atoms with van der Waals surface area (Å²) in [5.41, 5.74) is 12.9. The maximum absolute atomic E-state index is 12.8. The first kappa shape index (κ1) is 25.2. The van der Waals surface area contributed by atoms with E-state index in [0.717, 1.165) is 27.8 Å². The van der Waals surface area contributed by atoms with E-state index in [4.69, 9.17) is 5.73 Å². The Morgan fingerprint density at radius 1 is 0.667 bits per heavy atom. The van der Waals surface area contributed by atoms with Gasteiger partial charge in [0.15, 0.2) is 0 Å². The molecule has 0 fully saturated rings. The number of hydrogen-bond acceptors (Lipinski definition) is 2. The van der Waals surface area contributed by atoms with Gasteiger partial charge in [0.05, 0.1) is 0 Å². The van der Waals surface area contributed by atoms with Crippen LogP contribution in [0.4, 0.5) is 0 Å².